The van der Waals surface area contributed by atoms with E-state index in [4.69, 9.17) is 11.6 Å². The number of nitrogens with zero attached hydrogens (tertiary/aromatic N) is 1. The average molecular weight is 251 g/mol. The zero-order valence-corrected chi connectivity index (χ0v) is 10.1. The van der Waals surface area contributed by atoms with E-state index in [9.17, 15) is 4.39 Å². The number of aromatic nitrogens is 1. The van der Waals surface area contributed by atoms with Gasteiger partial charge in [0.15, 0.2) is 5.15 Å². The molecule has 0 aliphatic rings. The Morgan fingerprint density at radius 3 is 2.88 bits per heavy atom. The van der Waals surface area contributed by atoms with Crippen LogP contribution >= 0.6 is 11.6 Å². The molecule has 0 unspecified atom stereocenters. The van der Waals surface area contributed by atoms with Crippen molar-refractivity contribution in [3.63, 3.8) is 0 Å². The molecule has 2 nitrogen and oxygen atoms in total. The quantitative estimate of drug-likeness (QED) is 0.839. The van der Waals surface area contributed by atoms with Crippen LogP contribution in [0.5, 0.6) is 0 Å². The predicted molar refractivity (Wildman–Crippen MR) is 67.7 cm³/mol. The van der Waals surface area contributed by atoms with Crippen molar-refractivity contribution in [3.05, 3.63) is 58.6 Å². The van der Waals surface area contributed by atoms with Crippen LogP contribution in [0.25, 0.3) is 0 Å². The minimum absolute atomic E-state index is 0.225. The Labute approximate surface area is 104 Å². The van der Waals surface area contributed by atoms with Crippen LogP contribution < -0.4 is 5.32 Å². The molecule has 1 N–H and O–H groups in total. The van der Waals surface area contributed by atoms with E-state index in [2.05, 4.69) is 10.3 Å². The lowest BCUT2D eigenvalue weighted by molar-refractivity contribution is 0.613. The summed E-state index contributed by atoms with van der Waals surface area (Å²) in [6.07, 6.45) is 1.69. The molecule has 4 heteroatoms. The summed E-state index contributed by atoms with van der Waals surface area (Å²) in [6.45, 7) is 2.31. The monoisotopic (exact) mass is 250 g/mol. The lowest BCUT2D eigenvalue weighted by Gasteiger charge is -2.09. The third-order valence-electron chi connectivity index (χ3n) is 2.40. The Morgan fingerprint density at radius 2 is 2.12 bits per heavy atom. The lowest BCUT2D eigenvalue weighted by Crippen LogP contribution is -2.03. The third-order valence-corrected chi connectivity index (χ3v) is 2.70. The fraction of sp³-hybridized carbons (Fsp3) is 0.154. The summed E-state index contributed by atoms with van der Waals surface area (Å²) < 4.78 is 13.4. The maximum Gasteiger partial charge on any atom is 0.152 e. The number of pyridine rings is 1. The van der Waals surface area contributed by atoms with Gasteiger partial charge in [0, 0.05) is 18.3 Å². The molecule has 1 aromatic heterocycles. The van der Waals surface area contributed by atoms with Gasteiger partial charge in [0.1, 0.15) is 5.82 Å². The SMILES string of the molecule is Cc1cnc(Cl)c(NCc2ccccc2F)c1. The zero-order valence-electron chi connectivity index (χ0n) is 9.37. The lowest BCUT2D eigenvalue weighted by atomic mass is 10.2. The maximum absolute atomic E-state index is 13.4. The highest BCUT2D eigenvalue weighted by molar-refractivity contribution is 6.31. The molecule has 1 aromatic carbocycles. The van der Waals surface area contributed by atoms with Crippen molar-refractivity contribution in [1.29, 1.82) is 0 Å². The van der Waals surface area contributed by atoms with Crippen molar-refractivity contribution in [2.45, 2.75) is 13.5 Å². The molecular formula is C13H12ClFN2. The number of aryl methyl sites for hydroxylation is 1. The first kappa shape index (κ1) is 11.9. The largest absolute Gasteiger partial charge is 0.378 e. The van der Waals surface area contributed by atoms with E-state index < -0.39 is 0 Å². The molecular weight excluding hydrogens is 239 g/mol. The van der Waals surface area contributed by atoms with Crippen LogP contribution in [0.1, 0.15) is 11.1 Å². The van der Waals surface area contributed by atoms with Crippen molar-refractivity contribution in [1.82, 2.24) is 4.98 Å². The standard InChI is InChI=1S/C13H12ClFN2/c1-9-6-12(13(14)17-7-9)16-8-10-4-2-3-5-11(10)15/h2-7,16H,8H2,1H3. The molecule has 0 saturated heterocycles. The van der Waals surface area contributed by atoms with Crippen molar-refractivity contribution in [3.8, 4) is 0 Å². The Hall–Kier alpha value is -1.61. The molecule has 0 saturated carbocycles. The van der Waals surface area contributed by atoms with Crippen LogP contribution in [0.4, 0.5) is 10.1 Å². The van der Waals surface area contributed by atoms with E-state index >= 15 is 0 Å². The number of nitrogens with one attached hydrogen (secondary N) is 1. The summed E-state index contributed by atoms with van der Waals surface area (Å²) in [6, 6.07) is 8.53. The van der Waals surface area contributed by atoms with Crippen molar-refractivity contribution in [2.24, 2.45) is 0 Å². The van der Waals surface area contributed by atoms with E-state index in [-0.39, 0.29) is 5.82 Å². The van der Waals surface area contributed by atoms with Gasteiger partial charge in [-0.2, -0.15) is 0 Å². The molecule has 0 bridgehead atoms. The van der Waals surface area contributed by atoms with E-state index in [0.717, 1.165) is 11.3 Å². The van der Waals surface area contributed by atoms with Gasteiger partial charge in [-0.15, -0.1) is 0 Å². The van der Waals surface area contributed by atoms with Gasteiger partial charge in [0.25, 0.3) is 0 Å². The highest BCUT2D eigenvalue weighted by Crippen LogP contribution is 2.20. The van der Waals surface area contributed by atoms with E-state index in [0.29, 0.717) is 17.3 Å². The van der Waals surface area contributed by atoms with E-state index in [1.54, 1.807) is 24.4 Å². The molecule has 0 aliphatic carbocycles. The van der Waals surface area contributed by atoms with Gasteiger partial charge in [-0.1, -0.05) is 29.8 Å². The molecule has 0 spiro atoms. The van der Waals surface area contributed by atoms with E-state index in [1.807, 2.05) is 13.0 Å². The topological polar surface area (TPSA) is 24.9 Å². The highest BCUT2D eigenvalue weighted by atomic mass is 35.5. The molecule has 0 aliphatic heterocycles. The van der Waals surface area contributed by atoms with Gasteiger partial charge in [-0.3, -0.25) is 0 Å². The number of anilines is 1. The molecule has 1 heterocycles. The smallest absolute Gasteiger partial charge is 0.152 e. The van der Waals surface area contributed by atoms with Crippen molar-refractivity contribution < 1.29 is 4.39 Å². The molecule has 0 fully saturated rings. The Morgan fingerprint density at radius 1 is 1.35 bits per heavy atom. The fourth-order valence-electron chi connectivity index (χ4n) is 1.51. The number of hydrogen-bond acceptors (Lipinski definition) is 2. The summed E-state index contributed by atoms with van der Waals surface area (Å²) in [5.41, 5.74) is 2.32. The van der Waals surface area contributed by atoms with Crippen LogP contribution in [0.3, 0.4) is 0 Å². The number of hydrogen-bond donors (Lipinski definition) is 1. The highest BCUT2D eigenvalue weighted by Gasteiger charge is 2.04. The number of rotatable bonds is 3. The summed E-state index contributed by atoms with van der Waals surface area (Å²) in [4.78, 5) is 4.02. The van der Waals surface area contributed by atoms with Gasteiger partial charge < -0.3 is 5.32 Å². The Balaban J connectivity index is 2.12. The van der Waals surface area contributed by atoms with Crippen molar-refractivity contribution in [2.75, 3.05) is 5.32 Å². The summed E-state index contributed by atoms with van der Waals surface area (Å²) >= 11 is 5.93. The molecule has 0 amide bonds. The molecule has 88 valence electrons. The Bertz CT molecular complexity index is 529. The zero-order chi connectivity index (χ0) is 12.3. The normalized spacial score (nSPS) is 10.3. The first-order chi connectivity index (χ1) is 8.16. The molecule has 2 rings (SSSR count). The van der Waals surface area contributed by atoms with Gasteiger partial charge in [0.05, 0.1) is 5.69 Å². The second kappa shape index (κ2) is 5.15. The first-order valence-corrected chi connectivity index (χ1v) is 5.64. The second-order valence-corrected chi connectivity index (χ2v) is 4.15. The fourth-order valence-corrected chi connectivity index (χ4v) is 1.68. The summed E-state index contributed by atoms with van der Waals surface area (Å²) in [7, 11) is 0. The molecule has 0 radical (unpaired) electrons. The van der Waals surface area contributed by atoms with Crippen LogP contribution in [0, 0.1) is 12.7 Å². The Kier molecular flexibility index (Phi) is 3.59. The van der Waals surface area contributed by atoms with Crippen LogP contribution in [-0.4, -0.2) is 4.98 Å². The van der Waals surface area contributed by atoms with Crippen LogP contribution in [0.2, 0.25) is 5.15 Å². The van der Waals surface area contributed by atoms with Gasteiger partial charge in [-0.05, 0) is 24.6 Å². The van der Waals surface area contributed by atoms with Crippen LogP contribution in [0.15, 0.2) is 36.5 Å². The minimum atomic E-state index is -0.225. The maximum atomic E-state index is 13.4. The molecule has 17 heavy (non-hydrogen) atoms. The third kappa shape index (κ3) is 2.94. The average Bonchev–Trinajstić information content (AvgIpc) is 2.32. The molecule has 2 aromatic rings. The van der Waals surface area contributed by atoms with Gasteiger partial charge >= 0.3 is 0 Å². The second-order valence-electron chi connectivity index (χ2n) is 3.80. The number of benzene rings is 1. The summed E-state index contributed by atoms with van der Waals surface area (Å²) in [5, 5.41) is 3.47. The first-order valence-electron chi connectivity index (χ1n) is 5.26. The van der Waals surface area contributed by atoms with E-state index in [1.165, 1.54) is 6.07 Å². The van der Waals surface area contributed by atoms with Gasteiger partial charge in [0.2, 0.25) is 0 Å². The van der Waals surface area contributed by atoms with Gasteiger partial charge in [-0.25, -0.2) is 9.37 Å². The summed E-state index contributed by atoms with van der Waals surface area (Å²) in [5.74, 6) is -0.225. The van der Waals surface area contributed by atoms with Crippen molar-refractivity contribution >= 4 is 17.3 Å². The van der Waals surface area contributed by atoms with Crippen LogP contribution in [-0.2, 0) is 6.54 Å². The number of halogens is 2. The molecule has 0 atom stereocenters. The predicted octanol–water partition coefficient (Wildman–Crippen LogP) is 3.79. The minimum Gasteiger partial charge on any atom is -0.378 e.